The first-order chi connectivity index (χ1) is 8.11. The Hall–Kier alpha value is -1.10. The summed E-state index contributed by atoms with van der Waals surface area (Å²) >= 11 is 0. The van der Waals surface area contributed by atoms with Crippen molar-refractivity contribution < 1.29 is 14.7 Å². The summed E-state index contributed by atoms with van der Waals surface area (Å²) in [5, 5.41) is 14.4. The van der Waals surface area contributed by atoms with Gasteiger partial charge in [-0.3, -0.25) is 9.59 Å². The number of aliphatic hydroxyl groups excluding tert-OH is 1. The molecule has 0 aromatic rings. The van der Waals surface area contributed by atoms with Crippen molar-refractivity contribution in [1.82, 2.24) is 10.6 Å². The maximum atomic E-state index is 11.8. The lowest BCUT2D eigenvalue weighted by Gasteiger charge is -2.23. The maximum absolute atomic E-state index is 11.8. The molecule has 0 fully saturated rings. The molecule has 0 heterocycles. The van der Waals surface area contributed by atoms with Crippen LogP contribution in [0.2, 0.25) is 0 Å². The highest BCUT2D eigenvalue weighted by molar-refractivity contribution is 5.82. The summed E-state index contributed by atoms with van der Waals surface area (Å²) in [6.45, 7) is 9.88. The van der Waals surface area contributed by atoms with Crippen LogP contribution in [-0.4, -0.2) is 36.6 Å². The van der Waals surface area contributed by atoms with Crippen LogP contribution in [0.3, 0.4) is 0 Å². The van der Waals surface area contributed by atoms with Gasteiger partial charge in [0.2, 0.25) is 11.8 Å². The van der Waals surface area contributed by atoms with Gasteiger partial charge in [-0.25, -0.2) is 0 Å². The zero-order valence-corrected chi connectivity index (χ0v) is 12.1. The predicted molar refractivity (Wildman–Crippen MR) is 71.0 cm³/mol. The Morgan fingerprint density at radius 1 is 0.944 bits per heavy atom. The Labute approximate surface area is 109 Å². The van der Waals surface area contributed by atoms with Crippen molar-refractivity contribution in [3.8, 4) is 0 Å². The Kier molecular flexibility index (Phi) is 6.32. The van der Waals surface area contributed by atoms with E-state index in [0.717, 1.165) is 0 Å². The molecule has 106 valence electrons. The van der Waals surface area contributed by atoms with Gasteiger partial charge in [-0.05, 0) is 6.42 Å². The van der Waals surface area contributed by atoms with Crippen molar-refractivity contribution in [2.24, 2.45) is 10.8 Å². The molecule has 0 bridgehead atoms. The zero-order valence-electron chi connectivity index (χ0n) is 12.1. The summed E-state index contributed by atoms with van der Waals surface area (Å²) < 4.78 is 0. The number of nitrogens with one attached hydrogen (secondary N) is 2. The van der Waals surface area contributed by atoms with Crippen LogP contribution < -0.4 is 10.6 Å². The van der Waals surface area contributed by atoms with Gasteiger partial charge < -0.3 is 15.7 Å². The predicted octanol–water partition coefficient (Wildman–Crippen LogP) is 0.673. The molecule has 0 saturated carbocycles. The molecule has 0 aliphatic rings. The zero-order chi connectivity index (χ0) is 14.4. The minimum atomic E-state index is -0.581. The van der Waals surface area contributed by atoms with Gasteiger partial charge in [0, 0.05) is 30.5 Å². The number of aliphatic hydroxyl groups is 1. The Balaban J connectivity index is 3.93. The van der Waals surface area contributed by atoms with Crippen LogP contribution >= 0.6 is 0 Å². The minimum absolute atomic E-state index is 0.0127. The minimum Gasteiger partial charge on any atom is -0.396 e. The lowest BCUT2D eigenvalue weighted by Crippen LogP contribution is -2.43. The second kappa shape index (κ2) is 6.73. The molecule has 0 unspecified atom stereocenters. The average Bonchev–Trinajstić information content (AvgIpc) is 2.22. The van der Waals surface area contributed by atoms with E-state index in [-0.39, 0.29) is 18.4 Å². The largest absolute Gasteiger partial charge is 0.396 e. The lowest BCUT2D eigenvalue weighted by molar-refractivity contribution is -0.131. The Morgan fingerprint density at radius 2 is 1.39 bits per heavy atom. The molecule has 5 heteroatoms. The van der Waals surface area contributed by atoms with E-state index in [1.54, 1.807) is 13.8 Å². The highest BCUT2D eigenvalue weighted by Gasteiger charge is 2.26. The van der Waals surface area contributed by atoms with E-state index in [4.69, 9.17) is 5.11 Å². The summed E-state index contributed by atoms with van der Waals surface area (Å²) in [5.74, 6) is -0.145. The summed E-state index contributed by atoms with van der Waals surface area (Å²) in [6.07, 6.45) is 0.424. The monoisotopic (exact) mass is 258 g/mol. The molecule has 0 atom stereocenters. The molecule has 2 amide bonds. The van der Waals surface area contributed by atoms with Crippen molar-refractivity contribution in [1.29, 1.82) is 0 Å². The smallest absolute Gasteiger partial charge is 0.225 e. The van der Waals surface area contributed by atoms with E-state index >= 15 is 0 Å². The topological polar surface area (TPSA) is 78.4 Å². The fourth-order valence-corrected chi connectivity index (χ4v) is 1.25. The normalized spacial score (nSPS) is 12.1. The molecule has 5 nitrogen and oxygen atoms in total. The molecular weight excluding hydrogens is 232 g/mol. The molecule has 0 aliphatic heterocycles. The maximum Gasteiger partial charge on any atom is 0.225 e. The quantitative estimate of drug-likeness (QED) is 0.613. The van der Waals surface area contributed by atoms with Gasteiger partial charge in [0.05, 0.1) is 0 Å². The summed E-state index contributed by atoms with van der Waals surface area (Å²) in [4.78, 5) is 23.3. The van der Waals surface area contributed by atoms with Gasteiger partial charge in [0.25, 0.3) is 0 Å². The van der Waals surface area contributed by atoms with Gasteiger partial charge in [-0.1, -0.05) is 34.6 Å². The number of carbonyl (C=O) groups excluding carboxylic acids is 2. The van der Waals surface area contributed by atoms with E-state index < -0.39 is 10.8 Å². The molecule has 0 spiro atoms. The van der Waals surface area contributed by atoms with Crippen molar-refractivity contribution >= 4 is 11.8 Å². The van der Waals surface area contributed by atoms with Crippen LogP contribution in [0.1, 0.15) is 41.0 Å². The molecule has 0 rings (SSSR count). The van der Waals surface area contributed by atoms with E-state index in [1.807, 2.05) is 20.8 Å². The third kappa shape index (κ3) is 6.00. The fourth-order valence-electron chi connectivity index (χ4n) is 1.25. The molecule has 0 aromatic carbocycles. The molecule has 0 radical (unpaired) electrons. The van der Waals surface area contributed by atoms with Gasteiger partial charge in [-0.15, -0.1) is 0 Å². The molecule has 3 N–H and O–H groups in total. The van der Waals surface area contributed by atoms with Crippen LogP contribution in [-0.2, 0) is 9.59 Å². The first-order valence-corrected chi connectivity index (χ1v) is 6.29. The lowest BCUT2D eigenvalue weighted by atomic mass is 9.89. The number of amides is 2. The average molecular weight is 258 g/mol. The number of carbonyl (C=O) groups is 2. The van der Waals surface area contributed by atoms with Gasteiger partial charge in [0.15, 0.2) is 0 Å². The van der Waals surface area contributed by atoms with Crippen LogP contribution in [0.25, 0.3) is 0 Å². The van der Waals surface area contributed by atoms with Crippen LogP contribution in [0, 0.1) is 10.8 Å². The van der Waals surface area contributed by atoms with Crippen molar-refractivity contribution in [2.45, 2.75) is 41.0 Å². The van der Waals surface area contributed by atoms with Crippen molar-refractivity contribution in [3.63, 3.8) is 0 Å². The van der Waals surface area contributed by atoms with Crippen LogP contribution in [0.15, 0.2) is 0 Å². The first-order valence-electron chi connectivity index (χ1n) is 6.29. The summed E-state index contributed by atoms with van der Waals surface area (Å²) in [6, 6.07) is 0. The standard InChI is InChI=1S/C13H26N2O3/c1-12(2,3)10(17)14-7-8-15-11(18)13(4,5)6-9-16/h16H,6-9H2,1-5H3,(H,14,17)(H,15,18). The Bertz CT molecular complexity index is 293. The third-order valence-electron chi connectivity index (χ3n) is 2.73. The van der Waals surface area contributed by atoms with E-state index in [1.165, 1.54) is 0 Å². The van der Waals surface area contributed by atoms with Gasteiger partial charge in [-0.2, -0.15) is 0 Å². The van der Waals surface area contributed by atoms with Crippen molar-refractivity contribution in [3.05, 3.63) is 0 Å². The summed E-state index contributed by atoms with van der Waals surface area (Å²) in [7, 11) is 0. The number of rotatable bonds is 6. The van der Waals surface area contributed by atoms with Crippen LogP contribution in [0.4, 0.5) is 0 Å². The van der Waals surface area contributed by atoms with Crippen LogP contribution in [0.5, 0.6) is 0 Å². The second-order valence-electron chi connectivity index (χ2n) is 6.12. The van der Waals surface area contributed by atoms with Gasteiger partial charge >= 0.3 is 0 Å². The number of hydrogen-bond donors (Lipinski definition) is 3. The molecule has 0 saturated heterocycles. The fraction of sp³-hybridized carbons (Fsp3) is 0.846. The van der Waals surface area contributed by atoms with E-state index in [2.05, 4.69) is 10.6 Å². The van der Waals surface area contributed by atoms with Crippen molar-refractivity contribution in [2.75, 3.05) is 19.7 Å². The molecule has 0 aromatic heterocycles. The summed E-state index contributed by atoms with van der Waals surface area (Å²) in [5.41, 5.74) is -0.997. The SMILES string of the molecule is CC(C)(C)C(=O)NCCNC(=O)C(C)(C)CCO. The molecule has 18 heavy (non-hydrogen) atoms. The third-order valence-corrected chi connectivity index (χ3v) is 2.73. The highest BCUT2D eigenvalue weighted by Crippen LogP contribution is 2.19. The first kappa shape index (κ1) is 16.9. The Morgan fingerprint density at radius 3 is 1.78 bits per heavy atom. The van der Waals surface area contributed by atoms with Gasteiger partial charge in [0.1, 0.15) is 0 Å². The van der Waals surface area contributed by atoms with E-state index in [9.17, 15) is 9.59 Å². The highest BCUT2D eigenvalue weighted by atomic mass is 16.3. The molecular formula is C13H26N2O3. The number of hydrogen-bond acceptors (Lipinski definition) is 3. The second-order valence-corrected chi connectivity index (χ2v) is 6.12. The molecule has 0 aliphatic carbocycles. The van der Waals surface area contributed by atoms with E-state index in [0.29, 0.717) is 19.5 Å².